The summed E-state index contributed by atoms with van der Waals surface area (Å²) in [7, 11) is 1.61. The highest BCUT2D eigenvalue weighted by Gasteiger charge is 2.24. The van der Waals surface area contributed by atoms with Gasteiger partial charge >= 0.3 is 0 Å². The van der Waals surface area contributed by atoms with Crippen LogP contribution in [0.25, 0.3) is 22.2 Å². The third-order valence-electron chi connectivity index (χ3n) is 5.43. The molecule has 0 fully saturated rings. The molecule has 0 aliphatic carbocycles. The zero-order valence-electron chi connectivity index (χ0n) is 18.5. The zero-order valence-corrected chi connectivity index (χ0v) is 18.5. The molecule has 2 heterocycles. The summed E-state index contributed by atoms with van der Waals surface area (Å²) in [4.78, 5) is 22.7. The lowest BCUT2D eigenvalue weighted by atomic mass is 10.2. The number of aromatic nitrogens is 3. The normalized spacial score (nSPS) is 11.3. The van der Waals surface area contributed by atoms with Crippen molar-refractivity contribution in [2.45, 2.75) is 6.54 Å². The van der Waals surface area contributed by atoms with Crippen molar-refractivity contribution in [3.8, 4) is 5.75 Å². The number of hydrogen-bond donors (Lipinski definition) is 2. The van der Waals surface area contributed by atoms with Crippen LogP contribution >= 0.6 is 0 Å². The topological polar surface area (TPSA) is 107 Å². The summed E-state index contributed by atoms with van der Waals surface area (Å²) < 4.78 is 6.65. The second kappa shape index (κ2) is 9.03. The van der Waals surface area contributed by atoms with E-state index in [0.717, 1.165) is 16.9 Å². The number of hydrogen-bond acceptors (Lipinski definition) is 6. The van der Waals surface area contributed by atoms with Crippen LogP contribution in [0, 0.1) is 0 Å². The average molecular weight is 451 g/mol. The number of benzene rings is 3. The minimum absolute atomic E-state index is 0.171. The number of para-hydroxylation sites is 2. The largest absolute Gasteiger partial charge is 0.497 e. The Morgan fingerprint density at radius 3 is 2.38 bits per heavy atom. The van der Waals surface area contributed by atoms with Gasteiger partial charge in [0.2, 0.25) is 0 Å². The Balaban J connectivity index is 1.55. The van der Waals surface area contributed by atoms with Gasteiger partial charge in [-0.05, 0) is 35.4 Å². The molecule has 0 aliphatic heterocycles. The molecule has 1 amide bonds. The number of nitrogens with one attached hydrogen (secondary N) is 1. The quantitative estimate of drug-likeness (QED) is 0.381. The molecule has 0 bridgehead atoms. The highest BCUT2D eigenvalue weighted by Crippen LogP contribution is 2.28. The van der Waals surface area contributed by atoms with Crippen molar-refractivity contribution in [1.29, 1.82) is 0 Å². The van der Waals surface area contributed by atoms with Gasteiger partial charge in [0.05, 0.1) is 24.4 Å². The molecule has 34 heavy (non-hydrogen) atoms. The van der Waals surface area contributed by atoms with Gasteiger partial charge in [0.25, 0.3) is 5.91 Å². The van der Waals surface area contributed by atoms with Crippen molar-refractivity contribution in [2.75, 3.05) is 12.8 Å². The highest BCUT2D eigenvalue weighted by molar-refractivity contribution is 6.10. The Kier molecular flexibility index (Phi) is 5.61. The molecule has 0 atom stereocenters. The number of ether oxygens (including phenoxy) is 1. The van der Waals surface area contributed by atoms with Crippen molar-refractivity contribution in [3.05, 3.63) is 95.6 Å². The lowest BCUT2D eigenvalue weighted by Crippen LogP contribution is -2.23. The summed E-state index contributed by atoms with van der Waals surface area (Å²) in [5, 5.41) is 7.45. The van der Waals surface area contributed by atoms with E-state index in [1.807, 2.05) is 78.9 Å². The van der Waals surface area contributed by atoms with E-state index < -0.39 is 0 Å². The minimum Gasteiger partial charge on any atom is -0.497 e. The molecule has 3 aromatic carbocycles. The Morgan fingerprint density at radius 2 is 1.68 bits per heavy atom. The molecule has 0 spiro atoms. The minimum atomic E-state index is -0.350. The molecule has 3 N–H and O–H groups in total. The number of rotatable bonds is 6. The van der Waals surface area contributed by atoms with Gasteiger partial charge in [-0.15, -0.1) is 0 Å². The summed E-state index contributed by atoms with van der Waals surface area (Å²) in [6.07, 6.45) is 1.67. The molecule has 5 rings (SSSR count). The van der Waals surface area contributed by atoms with E-state index in [1.165, 1.54) is 4.68 Å². The maximum absolute atomic E-state index is 13.3. The Hall–Kier alpha value is -4.72. The summed E-state index contributed by atoms with van der Waals surface area (Å²) in [6.45, 7) is 0.323. The molecule has 2 aromatic heterocycles. The van der Waals surface area contributed by atoms with E-state index in [9.17, 15) is 4.79 Å². The molecule has 5 aromatic rings. The van der Waals surface area contributed by atoms with Gasteiger partial charge in [0.1, 0.15) is 22.6 Å². The maximum atomic E-state index is 13.3. The van der Waals surface area contributed by atoms with E-state index >= 15 is 0 Å². The van der Waals surface area contributed by atoms with E-state index in [-0.39, 0.29) is 17.3 Å². The second-order valence-electron chi connectivity index (χ2n) is 7.64. The lowest BCUT2D eigenvalue weighted by Gasteiger charge is -2.06. The second-order valence-corrected chi connectivity index (χ2v) is 7.64. The summed E-state index contributed by atoms with van der Waals surface area (Å²) >= 11 is 0. The van der Waals surface area contributed by atoms with Gasteiger partial charge in [-0.1, -0.05) is 54.6 Å². The standard InChI is InChI=1S/C26H22N6O2/c1-34-19-13-11-18(12-14-19)15-28-26(33)22-23-25(31-21-10-6-5-9-20(21)30-23)32(24(22)27)29-16-17-7-3-2-4-8-17/h2-14,16H,15,27H2,1H3,(H,28,33)/b29-16-. The number of fused-ring (bicyclic) bond motifs is 2. The van der Waals surface area contributed by atoms with Crippen LogP contribution in [0.3, 0.4) is 0 Å². The van der Waals surface area contributed by atoms with Crippen LogP contribution in [0.5, 0.6) is 5.75 Å². The fraction of sp³-hybridized carbons (Fsp3) is 0.0769. The first-order valence-corrected chi connectivity index (χ1v) is 10.7. The predicted molar refractivity (Wildman–Crippen MR) is 133 cm³/mol. The molecule has 0 saturated heterocycles. The average Bonchev–Trinajstić information content (AvgIpc) is 3.15. The number of anilines is 1. The number of carbonyl (C=O) groups excluding carboxylic acids is 1. The van der Waals surface area contributed by atoms with E-state index in [4.69, 9.17) is 20.4 Å². The number of carbonyl (C=O) groups is 1. The van der Waals surface area contributed by atoms with Gasteiger partial charge < -0.3 is 15.8 Å². The van der Waals surface area contributed by atoms with Crippen LogP contribution in [0.2, 0.25) is 0 Å². The molecule has 0 aliphatic rings. The lowest BCUT2D eigenvalue weighted by molar-refractivity contribution is 0.0953. The Labute approximate surface area is 195 Å². The third-order valence-corrected chi connectivity index (χ3v) is 5.43. The third kappa shape index (κ3) is 4.04. The van der Waals surface area contributed by atoms with Crippen molar-refractivity contribution in [2.24, 2.45) is 5.10 Å². The molecular formula is C26H22N6O2. The smallest absolute Gasteiger partial charge is 0.257 e. The van der Waals surface area contributed by atoms with Gasteiger partial charge in [0, 0.05) is 6.54 Å². The van der Waals surface area contributed by atoms with E-state index in [2.05, 4.69) is 10.4 Å². The van der Waals surface area contributed by atoms with Crippen LogP contribution in [-0.2, 0) is 6.54 Å². The molecule has 0 saturated carbocycles. The SMILES string of the molecule is COc1ccc(CNC(=O)c2c(N)n(/N=C\c3ccccc3)c3nc4ccccc4nc23)cc1. The van der Waals surface area contributed by atoms with Crippen molar-refractivity contribution in [1.82, 2.24) is 20.0 Å². The van der Waals surface area contributed by atoms with Crippen LogP contribution in [0.15, 0.2) is 84.0 Å². The van der Waals surface area contributed by atoms with E-state index in [1.54, 1.807) is 13.3 Å². The predicted octanol–water partition coefficient (Wildman–Crippen LogP) is 3.99. The number of methoxy groups -OCH3 is 1. The number of nitrogens with two attached hydrogens (primary N) is 1. The van der Waals surface area contributed by atoms with Crippen molar-refractivity contribution in [3.63, 3.8) is 0 Å². The van der Waals surface area contributed by atoms with Crippen LogP contribution in [0.1, 0.15) is 21.5 Å². The number of nitrogen functional groups attached to an aromatic ring is 1. The Morgan fingerprint density at radius 1 is 1.00 bits per heavy atom. The van der Waals surface area contributed by atoms with E-state index in [0.29, 0.717) is 28.7 Å². The first-order chi connectivity index (χ1) is 16.6. The monoisotopic (exact) mass is 450 g/mol. The van der Waals surface area contributed by atoms with Crippen LogP contribution in [0.4, 0.5) is 5.82 Å². The Bertz CT molecular complexity index is 1510. The highest BCUT2D eigenvalue weighted by atomic mass is 16.5. The first kappa shape index (κ1) is 21.1. The summed E-state index contributed by atoms with van der Waals surface area (Å²) in [5.41, 5.74) is 10.7. The van der Waals surface area contributed by atoms with Gasteiger partial charge in [-0.25, -0.2) is 9.97 Å². The maximum Gasteiger partial charge on any atom is 0.257 e. The van der Waals surface area contributed by atoms with Crippen molar-refractivity contribution >= 4 is 40.1 Å². The number of amides is 1. The van der Waals surface area contributed by atoms with Gasteiger partial charge in [-0.2, -0.15) is 9.78 Å². The summed E-state index contributed by atoms with van der Waals surface area (Å²) in [5.74, 6) is 0.571. The summed E-state index contributed by atoms with van der Waals surface area (Å²) in [6, 6.07) is 24.6. The molecule has 0 unspecified atom stereocenters. The van der Waals surface area contributed by atoms with Crippen molar-refractivity contribution < 1.29 is 9.53 Å². The molecule has 0 radical (unpaired) electrons. The van der Waals surface area contributed by atoms with Gasteiger partial charge in [0.15, 0.2) is 5.65 Å². The molecular weight excluding hydrogens is 428 g/mol. The fourth-order valence-electron chi connectivity index (χ4n) is 3.67. The first-order valence-electron chi connectivity index (χ1n) is 10.7. The van der Waals surface area contributed by atoms with Gasteiger partial charge in [-0.3, -0.25) is 4.79 Å². The fourth-order valence-corrected chi connectivity index (χ4v) is 3.67. The molecule has 168 valence electrons. The molecule has 8 heteroatoms. The zero-order chi connectivity index (χ0) is 23.5. The number of nitrogens with zero attached hydrogens (tertiary/aromatic N) is 4. The van der Waals surface area contributed by atoms with Crippen LogP contribution in [-0.4, -0.2) is 33.9 Å². The van der Waals surface area contributed by atoms with Crippen LogP contribution < -0.4 is 15.8 Å². The molecule has 8 nitrogen and oxygen atoms in total.